The number of hydrogen-bond acceptors (Lipinski definition) is 3. The van der Waals surface area contributed by atoms with Gasteiger partial charge in [-0.3, -0.25) is 0 Å². The SMILES string of the molecule is C=C1CC23CC4C5C6(C)CC(O)CC57C(C2C(O)C1C(O)C37)[NH+]4C6. The Bertz CT molecular complexity index is 709. The Labute approximate surface area is 142 Å². The van der Waals surface area contributed by atoms with Gasteiger partial charge < -0.3 is 20.2 Å². The Morgan fingerprint density at radius 1 is 1.08 bits per heavy atom. The molecule has 3 saturated heterocycles. The number of piperidine rings is 2. The van der Waals surface area contributed by atoms with Gasteiger partial charge >= 0.3 is 0 Å². The summed E-state index contributed by atoms with van der Waals surface area (Å²) in [6.45, 7) is 7.83. The smallest absolute Gasteiger partial charge is 0.100 e. The molecule has 130 valence electrons. The van der Waals surface area contributed by atoms with Gasteiger partial charge in [0, 0.05) is 40.9 Å². The topological polar surface area (TPSA) is 65.1 Å². The lowest BCUT2D eigenvalue weighted by Crippen LogP contribution is -3.19. The van der Waals surface area contributed by atoms with Crippen molar-refractivity contribution < 1.29 is 20.2 Å². The molecule has 6 aliphatic carbocycles. The van der Waals surface area contributed by atoms with E-state index in [1.54, 1.807) is 4.90 Å². The second kappa shape index (κ2) is 3.40. The van der Waals surface area contributed by atoms with Crippen molar-refractivity contribution in [3.63, 3.8) is 0 Å². The summed E-state index contributed by atoms with van der Waals surface area (Å²) in [5.74, 6) is 1.13. The van der Waals surface area contributed by atoms with E-state index in [0.29, 0.717) is 23.9 Å². The van der Waals surface area contributed by atoms with Crippen LogP contribution in [0.15, 0.2) is 12.2 Å². The van der Waals surface area contributed by atoms with Crippen molar-refractivity contribution in [1.29, 1.82) is 0 Å². The van der Waals surface area contributed by atoms with Gasteiger partial charge in [0.15, 0.2) is 0 Å². The van der Waals surface area contributed by atoms with Crippen molar-refractivity contribution in [1.82, 2.24) is 0 Å². The number of hydrogen-bond donors (Lipinski definition) is 4. The minimum atomic E-state index is -0.446. The minimum absolute atomic E-state index is 0.0717. The van der Waals surface area contributed by atoms with Crippen LogP contribution in [0.4, 0.5) is 0 Å². The first kappa shape index (κ1) is 13.7. The Kier molecular flexibility index (Phi) is 1.95. The Morgan fingerprint density at radius 3 is 2.67 bits per heavy atom. The fourth-order valence-electron chi connectivity index (χ4n) is 11.0. The van der Waals surface area contributed by atoms with Gasteiger partial charge in [-0.2, -0.15) is 0 Å². The van der Waals surface area contributed by atoms with E-state index in [4.69, 9.17) is 0 Å². The molecule has 9 bridgehead atoms. The lowest BCUT2D eigenvalue weighted by atomic mass is 9.39. The van der Waals surface area contributed by atoms with Gasteiger partial charge in [-0.25, -0.2) is 0 Å². The largest absolute Gasteiger partial charge is 0.393 e. The number of nitrogens with one attached hydrogen (secondary N) is 1. The molecule has 0 aromatic carbocycles. The van der Waals surface area contributed by atoms with Gasteiger partial charge in [-0.15, -0.1) is 0 Å². The maximum atomic E-state index is 11.4. The third-order valence-electron chi connectivity index (χ3n) is 10.4. The summed E-state index contributed by atoms with van der Waals surface area (Å²) in [6.07, 6.45) is 2.90. The Balaban J connectivity index is 1.54. The monoisotopic (exact) mass is 330 g/mol. The second-order valence-corrected chi connectivity index (χ2v) is 10.9. The molecule has 9 fully saturated rings. The highest BCUT2D eigenvalue weighted by atomic mass is 16.3. The van der Waals surface area contributed by atoms with Crippen LogP contribution in [0.2, 0.25) is 0 Å². The molecule has 4 N–H and O–H groups in total. The molecule has 3 aliphatic heterocycles. The van der Waals surface area contributed by atoms with Crippen LogP contribution in [0, 0.1) is 39.9 Å². The van der Waals surface area contributed by atoms with E-state index >= 15 is 0 Å². The molecular weight excluding hydrogens is 302 g/mol. The summed E-state index contributed by atoms with van der Waals surface area (Å²) in [5, 5.41) is 33.4. The molecular formula is C20H28NO3+. The maximum Gasteiger partial charge on any atom is 0.100 e. The average Bonchev–Trinajstić information content (AvgIpc) is 2.88. The molecule has 13 unspecified atom stereocenters. The summed E-state index contributed by atoms with van der Waals surface area (Å²) in [6, 6.07) is 1.17. The molecule has 4 heteroatoms. The summed E-state index contributed by atoms with van der Waals surface area (Å²) in [4.78, 5) is 1.73. The zero-order chi connectivity index (χ0) is 16.4. The van der Waals surface area contributed by atoms with Crippen LogP contribution in [0.5, 0.6) is 0 Å². The third kappa shape index (κ3) is 0.980. The first-order chi connectivity index (χ1) is 11.4. The Morgan fingerprint density at radius 2 is 1.88 bits per heavy atom. The molecule has 3 heterocycles. The Hall–Kier alpha value is -0.420. The van der Waals surface area contributed by atoms with E-state index in [-0.39, 0.29) is 34.2 Å². The second-order valence-electron chi connectivity index (χ2n) is 10.9. The van der Waals surface area contributed by atoms with Crippen molar-refractivity contribution >= 4 is 0 Å². The summed E-state index contributed by atoms with van der Waals surface area (Å²) in [7, 11) is 0. The fraction of sp³-hybridized carbons (Fsp3) is 0.900. The zero-order valence-corrected chi connectivity index (χ0v) is 14.3. The van der Waals surface area contributed by atoms with Crippen LogP contribution in [0.1, 0.15) is 32.6 Å². The first-order valence-corrected chi connectivity index (χ1v) is 9.93. The highest BCUT2D eigenvalue weighted by Crippen LogP contribution is 2.82. The van der Waals surface area contributed by atoms with Gasteiger partial charge in [0.05, 0.1) is 30.9 Å². The molecule has 0 amide bonds. The van der Waals surface area contributed by atoms with E-state index in [0.717, 1.165) is 24.8 Å². The summed E-state index contributed by atoms with van der Waals surface area (Å²) < 4.78 is 0. The van der Waals surface area contributed by atoms with Gasteiger partial charge in [-0.05, 0) is 24.7 Å². The van der Waals surface area contributed by atoms with Gasteiger partial charge in [-0.1, -0.05) is 19.1 Å². The van der Waals surface area contributed by atoms with E-state index in [9.17, 15) is 15.3 Å². The molecule has 4 nitrogen and oxygen atoms in total. The lowest BCUT2D eigenvalue weighted by Gasteiger charge is -2.64. The van der Waals surface area contributed by atoms with E-state index in [1.807, 2.05) is 0 Å². The zero-order valence-electron chi connectivity index (χ0n) is 14.3. The molecule has 2 spiro atoms. The van der Waals surface area contributed by atoms with Crippen molar-refractivity contribution in [3.05, 3.63) is 12.2 Å². The maximum absolute atomic E-state index is 11.4. The first-order valence-electron chi connectivity index (χ1n) is 9.93. The van der Waals surface area contributed by atoms with Crippen LogP contribution in [0.3, 0.4) is 0 Å². The van der Waals surface area contributed by atoms with Crippen molar-refractivity contribution in [2.24, 2.45) is 39.9 Å². The molecule has 0 radical (unpaired) electrons. The van der Waals surface area contributed by atoms with Gasteiger partial charge in [0.1, 0.15) is 6.04 Å². The number of fused-ring (bicyclic) bond motifs is 1. The number of quaternary nitrogens is 1. The van der Waals surface area contributed by atoms with Crippen LogP contribution >= 0.6 is 0 Å². The number of aliphatic hydroxyl groups excluding tert-OH is 3. The van der Waals surface area contributed by atoms with Crippen molar-refractivity contribution in [2.45, 2.75) is 63.0 Å². The van der Waals surface area contributed by atoms with Crippen LogP contribution < -0.4 is 4.90 Å². The van der Waals surface area contributed by atoms with Crippen LogP contribution in [-0.2, 0) is 0 Å². The van der Waals surface area contributed by atoms with Crippen molar-refractivity contribution in [2.75, 3.05) is 6.54 Å². The molecule has 0 aromatic rings. The fourth-order valence-corrected chi connectivity index (χ4v) is 11.0. The van der Waals surface area contributed by atoms with Crippen LogP contribution in [-0.4, -0.2) is 52.3 Å². The van der Waals surface area contributed by atoms with E-state index in [1.165, 1.54) is 13.0 Å². The molecule has 13 atom stereocenters. The number of rotatable bonds is 0. The average molecular weight is 330 g/mol. The minimum Gasteiger partial charge on any atom is -0.393 e. The molecule has 9 aliphatic rings. The standard InChI is InChI=1S/C20H27NO3/c1-8-3-19-6-10-15-18(2)4-9(22)5-20(15)16(19)14(24)11(8)13(23)12(19)17(20)21(10)7-18/h9-17,22-24H,1,3-7H2,2H3/p+1. The number of aliphatic hydroxyl groups is 3. The lowest BCUT2D eigenvalue weighted by molar-refractivity contribution is -0.945. The molecule has 9 rings (SSSR count). The highest BCUT2D eigenvalue weighted by Gasteiger charge is 2.93. The quantitative estimate of drug-likeness (QED) is 0.446. The van der Waals surface area contributed by atoms with E-state index in [2.05, 4.69) is 13.5 Å². The molecule has 6 saturated carbocycles. The predicted molar refractivity (Wildman–Crippen MR) is 86.0 cm³/mol. The normalized spacial score (nSPS) is 76.1. The summed E-state index contributed by atoms with van der Waals surface area (Å²) in [5.41, 5.74) is 1.47. The van der Waals surface area contributed by atoms with Crippen molar-refractivity contribution in [3.8, 4) is 0 Å². The predicted octanol–water partition coefficient (Wildman–Crippen LogP) is -0.653. The summed E-state index contributed by atoms with van der Waals surface area (Å²) >= 11 is 0. The molecule has 0 aromatic heterocycles. The third-order valence-corrected chi connectivity index (χ3v) is 10.4. The van der Waals surface area contributed by atoms with E-state index < -0.39 is 12.2 Å². The molecule has 24 heavy (non-hydrogen) atoms. The highest BCUT2D eigenvalue weighted by molar-refractivity contribution is 5.39. The van der Waals surface area contributed by atoms with Crippen LogP contribution in [0.25, 0.3) is 0 Å². The van der Waals surface area contributed by atoms with Gasteiger partial charge in [0.25, 0.3) is 0 Å². The van der Waals surface area contributed by atoms with Gasteiger partial charge in [0.2, 0.25) is 0 Å².